The first kappa shape index (κ1) is 14.7. The van der Waals surface area contributed by atoms with E-state index in [0.717, 1.165) is 11.4 Å². The van der Waals surface area contributed by atoms with Crippen LogP contribution in [0.25, 0.3) is 0 Å². The average molecular weight is 278 g/mol. The molecule has 5 nitrogen and oxygen atoms in total. The number of anilines is 1. The van der Waals surface area contributed by atoms with Crippen molar-refractivity contribution in [2.75, 3.05) is 25.1 Å². The third-order valence-electron chi connectivity index (χ3n) is 3.41. The Balaban J connectivity index is 1.88. The molecule has 1 aliphatic rings. The van der Waals surface area contributed by atoms with Crippen LogP contribution in [0.15, 0.2) is 18.2 Å². The van der Waals surface area contributed by atoms with Crippen molar-refractivity contribution in [3.05, 3.63) is 18.2 Å². The number of fused-ring (bicyclic) bond motifs is 1. The Morgan fingerprint density at radius 1 is 1.20 bits per heavy atom. The van der Waals surface area contributed by atoms with Gasteiger partial charge in [0.05, 0.1) is 6.54 Å². The maximum Gasteiger partial charge on any atom is 0.238 e. The molecular formula is C15H22N2O3. The molecule has 1 atom stereocenters. The van der Waals surface area contributed by atoms with Gasteiger partial charge in [-0.05, 0) is 25.0 Å². The molecule has 0 fully saturated rings. The lowest BCUT2D eigenvalue weighted by atomic mass is 10.1. The SMILES string of the molecule is CC(C)C(C)NCC(=O)Nc1ccc2c(c1)OCCO2. The maximum atomic E-state index is 11.9. The van der Waals surface area contributed by atoms with Gasteiger partial charge in [0.15, 0.2) is 11.5 Å². The molecular weight excluding hydrogens is 256 g/mol. The van der Waals surface area contributed by atoms with Gasteiger partial charge in [-0.1, -0.05) is 13.8 Å². The molecule has 0 aliphatic carbocycles. The second-order valence-electron chi connectivity index (χ2n) is 5.32. The third kappa shape index (κ3) is 3.87. The van der Waals surface area contributed by atoms with Crippen LogP contribution in [0.4, 0.5) is 5.69 Å². The molecule has 1 heterocycles. The minimum atomic E-state index is -0.0609. The van der Waals surface area contributed by atoms with Crippen LogP contribution in [0, 0.1) is 5.92 Å². The van der Waals surface area contributed by atoms with Gasteiger partial charge in [-0.25, -0.2) is 0 Å². The number of hydrogen-bond acceptors (Lipinski definition) is 4. The molecule has 0 saturated heterocycles. The van der Waals surface area contributed by atoms with Gasteiger partial charge in [-0.2, -0.15) is 0 Å². The van der Waals surface area contributed by atoms with Crippen LogP contribution in [0.1, 0.15) is 20.8 Å². The Labute approximate surface area is 119 Å². The van der Waals surface area contributed by atoms with E-state index in [4.69, 9.17) is 9.47 Å². The number of ether oxygens (including phenoxy) is 2. The number of amides is 1. The molecule has 1 aromatic rings. The first-order valence-corrected chi connectivity index (χ1v) is 6.99. The van der Waals surface area contributed by atoms with Gasteiger partial charge in [-0.3, -0.25) is 4.79 Å². The smallest absolute Gasteiger partial charge is 0.238 e. The average Bonchev–Trinajstić information content (AvgIpc) is 2.44. The second-order valence-corrected chi connectivity index (χ2v) is 5.32. The molecule has 0 bridgehead atoms. The third-order valence-corrected chi connectivity index (χ3v) is 3.41. The van der Waals surface area contributed by atoms with Crippen molar-refractivity contribution >= 4 is 11.6 Å². The molecule has 2 rings (SSSR count). The molecule has 1 aromatic carbocycles. The molecule has 0 spiro atoms. The Morgan fingerprint density at radius 3 is 2.60 bits per heavy atom. The quantitative estimate of drug-likeness (QED) is 0.865. The predicted molar refractivity (Wildman–Crippen MR) is 78.4 cm³/mol. The van der Waals surface area contributed by atoms with Crippen LogP contribution in [0.2, 0.25) is 0 Å². The van der Waals surface area contributed by atoms with E-state index in [1.807, 2.05) is 12.1 Å². The Hall–Kier alpha value is -1.75. The van der Waals surface area contributed by atoms with Crippen LogP contribution in [0.3, 0.4) is 0 Å². The highest BCUT2D eigenvalue weighted by atomic mass is 16.6. The van der Waals surface area contributed by atoms with Crippen molar-refractivity contribution in [1.82, 2.24) is 5.32 Å². The van der Waals surface area contributed by atoms with E-state index in [1.54, 1.807) is 6.07 Å². The maximum absolute atomic E-state index is 11.9. The summed E-state index contributed by atoms with van der Waals surface area (Å²) in [6.07, 6.45) is 0. The van der Waals surface area contributed by atoms with E-state index in [9.17, 15) is 4.79 Å². The molecule has 2 N–H and O–H groups in total. The Bertz CT molecular complexity index is 474. The Morgan fingerprint density at radius 2 is 1.90 bits per heavy atom. The highest BCUT2D eigenvalue weighted by Crippen LogP contribution is 2.32. The molecule has 1 amide bonds. The topological polar surface area (TPSA) is 59.6 Å². The zero-order valence-electron chi connectivity index (χ0n) is 12.2. The molecule has 0 saturated carbocycles. The first-order chi connectivity index (χ1) is 9.56. The van der Waals surface area contributed by atoms with E-state index >= 15 is 0 Å². The van der Waals surface area contributed by atoms with Gasteiger partial charge in [-0.15, -0.1) is 0 Å². The fraction of sp³-hybridized carbons (Fsp3) is 0.533. The monoisotopic (exact) mass is 278 g/mol. The van der Waals surface area contributed by atoms with Crippen LogP contribution >= 0.6 is 0 Å². The van der Waals surface area contributed by atoms with Crippen molar-refractivity contribution in [2.24, 2.45) is 5.92 Å². The van der Waals surface area contributed by atoms with Crippen LogP contribution in [0.5, 0.6) is 11.5 Å². The summed E-state index contributed by atoms with van der Waals surface area (Å²) >= 11 is 0. The van der Waals surface area contributed by atoms with Gasteiger partial charge in [0, 0.05) is 17.8 Å². The van der Waals surface area contributed by atoms with Gasteiger partial charge in [0.2, 0.25) is 5.91 Å². The zero-order valence-corrected chi connectivity index (χ0v) is 12.2. The molecule has 0 radical (unpaired) electrons. The number of hydrogen-bond donors (Lipinski definition) is 2. The van der Waals surface area contributed by atoms with E-state index in [-0.39, 0.29) is 5.91 Å². The summed E-state index contributed by atoms with van der Waals surface area (Å²) in [7, 11) is 0. The molecule has 1 aliphatic heterocycles. The fourth-order valence-corrected chi connectivity index (χ4v) is 1.82. The van der Waals surface area contributed by atoms with Crippen LogP contribution < -0.4 is 20.1 Å². The largest absolute Gasteiger partial charge is 0.486 e. The highest BCUT2D eigenvalue weighted by molar-refractivity contribution is 5.92. The van der Waals surface area contributed by atoms with Crippen molar-refractivity contribution in [3.63, 3.8) is 0 Å². The lowest BCUT2D eigenvalue weighted by Crippen LogP contribution is -2.37. The molecule has 1 unspecified atom stereocenters. The van der Waals surface area contributed by atoms with Crippen molar-refractivity contribution in [1.29, 1.82) is 0 Å². The van der Waals surface area contributed by atoms with E-state index in [0.29, 0.717) is 37.5 Å². The van der Waals surface area contributed by atoms with E-state index in [1.165, 1.54) is 0 Å². The summed E-state index contributed by atoms with van der Waals surface area (Å²) in [6, 6.07) is 5.73. The summed E-state index contributed by atoms with van der Waals surface area (Å²) in [6.45, 7) is 7.72. The van der Waals surface area contributed by atoms with Gasteiger partial charge in [0.1, 0.15) is 13.2 Å². The second kappa shape index (κ2) is 6.61. The number of benzene rings is 1. The Kier molecular flexibility index (Phi) is 4.84. The van der Waals surface area contributed by atoms with Crippen molar-refractivity contribution < 1.29 is 14.3 Å². The molecule has 110 valence electrons. The van der Waals surface area contributed by atoms with Gasteiger partial charge < -0.3 is 20.1 Å². The lowest BCUT2D eigenvalue weighted by molar-refractivity contribution is -0.115. The summed E-state index contributed by atoms with van der Waals surface area (Å²) in [5.74, 6) is 1.84. The molecule has 5 heteroatoms. The normalized spacial score (nSPS) is 15.0. The summed E-state index contributed by atoms with van der Waals surface area (Å²) < 4.78 is 10.9. The number of carbonyl (C=O) groups excluding carboxylic acids is 1. The van der Waals surface area contributed by atoms with E-state index in [2.05, 4.69) is 31.4 Å². The lowest BCUT2D eigenvalue weighted by Gasteiger charge is -2.19. The van der Waals surface area contributed by atoms with Gasteiger partial charge >= 0.3 is 0 Å². The molecule has 0 aromatic heterocycles. The van der Waals surface area contributed by atoms with Crippen molar-refractivity contribution in [2.45, 2.75) is 26.8 Å². The zero-order chi connectivity index (χ0) is 14.5. The fourth-order valence-electron chi connectivity index (χ4n) is 1.82. The van der Waals surface area contributed by atoms with Crippen LogP contribution in [-0.2, 0) is 4.79 Å². The minimum absolute atomic E-state index is 0.0609. The number of rotatable bonds is 5. The molecule has 20 heavy (non-hydrogen) atoms. The highest BCUT2D eigenvalue weighted by Gasteiger charge is 2.13. The minimum Gasteiger partial charge on any atom is -0.486 e. The number of carbonyl (C=O) groups is 1. The number of nitrogens with one attached hydrogen (secondary N) is 2. The standard InChI is InChI=1S/C15H22N2O3/c1-10(2)11(3)16-9-15(18)17-12-4-5-13-14(8-12)20-7-6-19-13/h4-5,8,10-11,16H,6-7,9H2,1-3H3,(H,17,18). The summed E-state index contributed by atoms with van der Waals surface area (Å²) in [4.78, 5) is 11.9. The van der Waals surface area contributed by atoms with Gasteiger partial charge in [0.25, 0.3) is 0 Å². The predicted octanol–water partition coefficient (Wildman–Crippen LogP) is 2.03. The first-order valence-electron chi connectivity index (χ1n) is 6.99. The van der Waals surface area contributed by atoms with Crippen molar-refractivity contribution in [3.8, 4) is 11.5 Å². The van der Waals surface area contributed by atoms with Crippen LogP contribution in [-0.4, -0.2) is 31.7 Å². The summed E-state index contributed by atoms with van der Waals surface area (Å²) in [5, 5.41) is 6.05. The summed E-state index contributed by atoms with van der Waals surface area (Å²) in [5.41, 5.74) is 0.721. The van der Waals surface area contributed by atoms with E-state index < -0.39 is 0 Å².